The lowest BCUT2D eigenvalue weighted by Crippen LogP contribution is -2.67. The van der Waals surface area contributed by atoms with Crippen molar-refractivity contribution in [3.63, 3.8) is 0 Å². The number of rotatable bonds is 12. The van der Waals surface area contributed by atoms with E-state index in [-0.39, 0.29) is 0 Å². The van der Waals surface area contributed by atoms with Crippen LogP contribution in [0.2, 0.25) is 0 Å². The van der Waals surface area contributed by atoms with Crippen LogP contribution in [0.3, 0.4) is 0 Å². The molecule has 3 fully saturated rings. The van der Waals surface area contributed by atoms with E-state index in [0.717, 1.165) is 0 Å². The Morgan fingerprint density at radius 3 is 1.34 bits per heavy atom. The largest absolute Gasteiger partial charge is 0.394 e. The van der Waals surface area contributed by atoms with Crippen LogP contribution in [0.25, 0.3) is 0 Å². The van der Waals surface area contributed by atoms with E-state index in [1.165, 1.54) is 0 Å². The lowest BCUT2D eigenvalue weighted by Gasteiger charge is -2.48. The lowest BCUT2D eigenvalue weighted by atomic mass is 9.96. The standard InChI is InChI=1S/C22H40O19/c23-1-6(28)7(2-24)36-21-16(34)18(12(30)9(4-26)38-21)41-22-17(35)19(13(31)10(5-27)39-22)40-20-15(33)14(32)11(29)8(3-25)37-20/h6-35H,1-5H2/t6-,7+,8+,9+,10+,11+,12+,13+,14-,15+,16+,17+,18-,19-,20+,21-,22+/m0/s1. The van der Waals surface area contributed by atoms with Crippen LogP contribution in [0.5, 0.6) is 0 Å². The third-order valence-electron chi connectivity index (χ3n) is 7.18. The summed E-state index contributed by atoms with van der Waals surface area (Å²) in [7, 11) is 0. The highest BCUT2D eigenvalue weighted by molar-refractivity contribution is 4.96. The van der Waals surface area contributed by atoms with Crippen molar-refractivity contribution in [2.75, 3.05) is 33.0 Å². The van der Waals surface area contributed by atoms with Crippen molar-refractivity contribution in [3.05, 3.63) is 0 Å². The lowest BCUT2D eigenvalue weighted by molar-refractivity contribution is -0.383. The maximum atomic E-state index is 11.0. The summed E-state index contributed by atoms with van der Waals surface area (Å²) in [5.41, 5.74) is 0. The fraction of sp³-hybridized carbons (Fsp3) is 1.00. The molecule has 0 bridgehead atoms. The molecule has 3 saturated heterocycles. The van der Waals surface area contributed by atoms with Crippen molar-refractivity contribution in [1.82, 2.24) is 0 Å². The van der Waals surface area contributed by atoms with Crippen LogP contribution in [0.4, 0.5) is 0 Å². The van der Waals surface area contributed by atoms with E-state index in [1.54, 1.807) is 0 Å². The van der Waals surface area contributed by atoms with Gasteiger partial charge >= 0.3 is 0 Å². The Morgan fingerprint density at radius 2 is 0.902 bits per heavy atom. The van der Waals surface area contributed by atoms with Crippen LogP contribution >= 0.6 is 0 Å². The first-order valence-electron chi connectivity index (χ1n) is 12.8. The molecule has 19 heteroatoms. The molecule has 41 heavy (non-hydrogen) atoms. The van der Waals surface area contributed by atoms with Crippen molar-refractivity contribution in [2.24, 2.45) is 0 Å². The van der Waals surface area contributed by atoms with Gasteiger partial charge in [0.25, 0.3) is 0 Å². The van der Waals surface area contributed by atoms with Crippen LogP contribution in [-0.2, 0) is 28.4 Å². The van der Waals surface area contributed by atoms with Crippen LogP contribution in [0, 0.1) is 0 Å². The Bertz CT molecular complexity index is 777. The fourth-order valence-electron chi connectivity index (χ4n) is 4.69. The van der Waals surface area contributed by atoms with Gasteiger partial charge in [-0.05, 0) is 0 Å². The molecule has 0 aromatic rings. The minimum Gasteiger partial charge on any atom is -0.394 e. The molecule has 3 rings (SSSR count). The first kappa shape index (κ1) is 34.7. The van der Waals surface area contributed by atoms with E-state index < -0.39 is 137 Å². The number of hydrogen-bond donors (Lipinski definition) is 13. The summed E-state index contributed by atoms with van der Waals surface area (Å²) in [4.78, 5) is 0. The quantitative estimate of drug-likeness (QED) is 0.0977. The molecule has 19 nitrogen and oxygen atoms in total. The van der Waals surface area contributed by atoms with Gasteiger partial charge in [0.15, 0.2) is 18.9 Å². The van der Waals surface area contributed by atoms with Crippen molar-refractivity contribution in [2.45, 2.75) is 104 Å². The molecular formula is C22H40O19. The van der Waals surface area contributed by atoms with Crippen molar-refractivity contribution in [1.29, 1.82) is 0 Å². The second-order valence-corrected chi connectivity index (χ2v) is 9.92. The van der Waals surface area contributed by atoms with Crippen LogP contribution < -0.4 is 0 Å². The summed E-state index contributed by atoms with van der Waals surface area (Å²) in [5.74, 6) is 0. The first-order chi connectivity index (χ1) is 19.4. The third-order valence-corrected chi connectivity index (χ3v) is 7.18. The zero-order valence-corrected chi connectivity index (χ0v) is 21.6. The summed E-state index contributed by atoms with van der Waals surface area (Å²) < 4.78 is 32.3. The van der Waals surface area contributed by atoms with E-state index in [4.69, 9.17) is 33.5 Å². The van der Waals surface area contributed by atoms with Gasteiger partial charge in [0, 0.05) is 0 Å². The second-order valence-electron chi connectivity index (χ2n) is 9.92. The van der Waals surface area contributed by atoms with E-state index in [2.05, 4.69) is 0 Å². The Balaban J connectivity index is 1.80. The van der Waals surface area contributed by atoms with Crippen molar-refractivity contribution >= 4 is 0 Å². The molecule has 3 aliphatic rings. The average Bonchev–Trinajstić information content (AvgIpc) is 2.97. The van der Waals surface area contributed by atoms with Gasteiger partial charge in [-0.2, -0.15) is 0 Å². The van der Waals surface area contributed by atoms with Gasteiger partial charge in [0.1, 0.15) is 85.5 Å². The maximum absolute atomic E-state index is 11.0. The Hall–Kier alpha value is -0.760. The van der Waals surface area contributed by atoms with E-state index >= 15 is 0 Å². The van der Waals surface area contributed by atoms with Gasteiger partial charge in [-0.3, -0.25) is 0 Å². The molecule has 242 valence electrons. The minimum atomic E-state index is -2.00. The first-order valence-corrected chi connectivity index (χ1v) is 12.8. The van der Waals surface area contributed by atoms with Gasteiger partial charge in [0.05, 0.1) is 33.0 Å². The molecule has 0 unspecified atom stereocenters. The molecule has 17 atom stereocenters. The van der Waals surface area contributed by atoms with E-state index in [9.17, 15) is 61.3 Å². The van der Waals surface area contributed by atoms with E-state index in [0.29, 0.717) is 0 Å². The molecule has 0 aliphatic carbocycles. The SMILES string of the molecule is OC[C@H](O)[C@@H](CO)O[C@H]1O[C@H](CO)[C@@H](O)[C@H](O[C@H]2O[C@H](CO)[C@@H](O)[C@H](O[C@H]3O[C@H](CO)[C@@H](O)[C@H](O)[C@H]3O)[C@H]2O)[C@H]1O. The minimum absolute atomic E-state index is 0.796. The van der Waals surface area contributed by atoms with Crippen LogP contribution in [-0.4, -0.2) is 204 Å². The third kappa shape index (κ3) is 7.49. The number of hydrogen-bond acceptors (Lipinski definition) is 19. The fourth-order valence-corrected chi connectivity index (χ4v) is 4.69. The predicted octanol–water partition coefficient (Wildman–Crippen LogP) is -8.83. The van der Waals surface area contributed by atoms with Gasteiger partial charge in [-0.15, -0.1) is 0 Å². The molecule has 0 spiro atoms. The molecule has 3 aliphatic heterocycles. The smallest absolute Gasteiger partial charge is 0.187 e. The number of ether oxygens (including phenoxy) is 6. The molecule has 0 radical (unpaired) electrons. The molecule has 0 aromatic heterocycles. The molecule has 0 aromatic carbocycles. The van der Waals surface area contributed by atoms with Crippen LogP contribution in [0.15, 0.2) is 0 Å². The summed E-state index contributed by atoms with van der Waals surface area (Å²) in [6.45, 7) is -4.17. The van der Waals surface area contributed by atoms with Gasteiger partial charge in [0.2, 0.25) is 0 Å². The van der Waals surface area contributed by atoms with Crippen LogP contribution in [0.1, 0.15) is 0 Å². The molecule has 13 N–H and O–H groups in total. The molecule has 0 amide bonds. The number of aliphatic hydroxyl groups excluding tert-OH is 13. The molecular weight excluding hydrogens is 568 g/mol. The van der Waals surface area contributed by atoms with E-state index in [1.807, 2.05) is 0 Å². The highest BCUT2D eigenvalue weighted by atomic mass is 16.8. The van der Waals surface area contributed by atoms with Crippen molar-refractivity contribution < 1.29 is 94.8 Å². The second kappa shape index (κ2) is 15.3. The van der Waals surface area contributed by atoms with Gasteiger partial charge < -0.3 is 94.8 Å². The zero-order valence-electron chi connectivity index (χ0n) is 21.6. The molecule has 0 saturated carbocycles. The average molecular weight is 609 g/mol. The topological polar surface area (TPSA) is 318 Å². The Morgan fingerprint density at radius 1 is 0.488 bits per heavy atom. The summed E-state index contributed by atoms with van der Waals surface area (Å²) in [5, 5.41) is 131. The van der Waals surface area contributed by atoms with Gasteiger partial charge in [-0.1, -0.05) is 0 Å². The normalized spacial score (nSPS) is 47.2. The molecule has 3 heterocycles. The Labute approximate surface area is 232 Å². The number of aliphatic hydroxyl groups is 13. The monoisotopic (exact) mass is 608 g/mol. The predicted molar refractivity (Wildman–Crippen MR) is 124 cm³/mol. The zero-order chi connectivity index (χ0) is 30.6. The summed E-state index contributed by atoms with van der Waals surface area (Å²) >= 11 is 0. The summed E-state index contributed by atoms with van der Waals surface area (Å²) in [6, 6.07) is 0. The summed E-state index contributed by atoms with van der Waals surface area (Å²) in [6.07, 6.45) is -29.6. The van der Waals surface area contributed by atoms with Gasteiger partial charge in [-0.25, -0.2) is 0 Å². The highest BCUT2D eigenvalue weighted by Crippen LogP contribution is 2.33. The highest BCUT2D eigenvalue weighted by Gasteiger charge is 2.54. The van der Waals surface area contributed by atoms with Crippen molar-refractivity contribution in [3.8, 4) is 0 Å². The Kier molecular flexibility index (Phi) is 13.0. The maximum Gasteiger partial charge on any atom is 0.187 e.